The lowest BCUT2D eigenvalue weighted by Crippen LogP contribution is -2.31. The molecule has 4 nitrogen and oxygen atoms in total. The molecule has 1 saturated carbocycles. The minimum absolute atomic E-state index is 0.108. The Morgan fingerprint density at radius 2 is 1.92 bits per heavy atom. The minimum Gasteiger partial charge on any atom is -0.325 e. The van der Waals surface area contributed by atoms with Crippen LogP contribution in [0.15, 0.2) is 42.5 Å². The fourth-order valence-electron chi connectivity index (χ4n) is 3.96. The van der Waals surface area contributed by atoms with Crippen LogP contribution in [0.3, 0.4) is 0 Å². The first-order chi connectivity index (χ1) is 11.6. The molecule has 2 amide bonds. The van der Waals surface area contributed by atoms with Gasteiger partial charge < -0.3 is 10.6 Å². The topological polar surface area (TPSA) is 58.2 Å². The average Bonchev–Trinajstić information content (AvgIpc) is 3.16. The van der Waals surface area contributed by atoms with Gasteiger partial charge in [0.1, 0.15) is 0 Å². The van der Waals surface area contributed by atoms with E-state index in [-0.39, 0.29) is 17.2 Å². The van der Waals surface area contributed by atoms with Crippen LogP contribution in [0.1, 0.15) is 47.2 Å². The molecule has 2 N–H and O–H groups in total. The SMILES string of the molecule is Cc1cccc(C(=O)Nc2ccc3c(c2)C2(CCCC2)C(=O)N3)c1. The molecule has 2 aliphatic rings. The summed E-state index contributed by atoms with van der Waals surface area (Å²) in [6, 6.07) is 13.2. The fraction of sp³-hybridized carbons (Fsp3) is 0.300. The number of fused-ring (bicyclic) bond motifs is 2. The Labute approximate surface area is 141 Å². The van der Waals surface area contributed by atoms with Crippen molar-refractivity contribution < 1.29 is 9.59 Å². The van der Waals surface area contributed by atoms with Gasteiger partial charge in [-0.3, -0.25) is 9.59 Å². The molecule has 0 atom stereocenters. The largest absolute Gasteiger partial charge is 0.325 e. The predicted octanol–water partition coefficient (Wildman–Crippen LogP) is 4.01. The molecule has 1 heterocycles. The van der Waals surface area contributed by atoms with Crippen LogP contribution in [0.5, 0.6) is 0 Å². The summed E-state index contributed by atoms with van der Waals surface area (Å²) in [4.78, 5) is 24.9. The molecule has 1 fully saturated rings. The average molecular weight is 320 g/mol. The number of hydrogen-bond acceptors (Lipinski definition) is 2. The third-order valence-corrected chi connectivity index (χ3v) is 5.21. The normalized spacial score (nSPS) is 17.6. The zero-order chi connectivity index (χ0) is 16.7. The molecule has 24 heavy (non-hydrogen) atoms. The van der Waals surface area contributed by atoms with E-state index in [2.05, 4.69) is 10.6 Å². The van der Waals surface area contributed by atoms with Gasteiger partial charge in [-0.1, -0.05) is 30.5 Å². The zero-order valence-electron chi connectivity index (χ0n) is 13.7. The van der Waals surface area contributed by atoms with Crippen molar-refractivity contribution in [3.63, 3.8) is 0 Å². The number of hydrogen-bond donors (Lipinski definition) is 2. The quantitative estimate of drug-likeness (QED) is 0.878. The lowest BCUT2D eigenvalue weighted by molar-refractivity contribution is -0.120. The fourth-order valence-corrected chi connectivity index (χ4v) is 3.96. The van der Waals surface area contributed by atoms with Gasteiger partial charge in [0.05, 0.1) is 5.41 Å². The third kappa shape index (κ3) is 2.30. The summed E-state index contributed by atoms with van der Waals surface area (Å²) in [5.74, 6) is -0.0198. The second kappa shape index (κ2) is 5.48. The van der Waals surface area contributed by atoms with Crippen molar-refractivity contribution >= 4 is 23.2 Å². The summed E-state index contributed by atoms with van der Waals surface area (Å²) in [5.41, 5.74) is 3.96. The summed E-state index contributed by atoms with van der Waals surface area (Å²) in [5, 5.41) is 5.96. The number of aryl methyl sites for hydroxylation is 1. The molecule has 2 aromatic rings. The highest BCUT2D eigenvalue weighted by atomic mass is 16.2. The van der Waals surface area contributed by atoms with Gasteiger partial charge in [0.2, 0.25) is 5.91 Å². The molecular weight excluding hydrogens is 300 g/mol. The summed E-state index contributed by atoms with van der Waals surface area (Å²) in [6.07, 6.45) is 3.93. The number of carbonyl (C=O) groups is 2. The van der Waals surface area contributed by atoms with E-state index in [9.17, 15) is 9.59 Å². The van der Waals surface area contributed by atoms with E-state index in [0.717, 1.165) is 48.2 Å². The third-order valence-electron chi connectivity index (χ3n) is 5.21. The maximum atomic E-state index is 12.4. The van der Waals surface area contributed by atoms with Crippen LogP contribution in [-0.2, 0) is 10.2 Å². The summed E-state index contributed by atoms with van der Waals surface area (Å²) >= 11 is 0. The van der Waals surface area contributed by atoms with Crippen molar-refractivity contribution in [1.82, 2.24) is 0 Å². The van der Waals surface area contributed by atoms with Gasteiger partial charge in [0.25, 0.3) is 5.91 Å². The Morgan fingerprint density at radius 1 is 1.12 bits per heavy atom. The molecule has 1 aliphatic carbocycles. The van der Waals surface area contributed by atoms with Crippen LogP contribution in [0.25, 0.3) is 0 Å². The Kier molecular flexibility index (Phi) is 3.41. The molecule has 1 aliphatic heterocycles. The van der Waals surface area contributed by atoms with E-state index in [1.165, 1.54) is 0 Å². The molecule has 2 aromatic carbocycles. The van der Waals surface area contributed by atoms with Crippen molar-refractivity contribution in [1.29, 1.82) is 0 Å². The van der Waals surface area contributed by atoms with E-state index < -0.39 is 0 Å². The first-order valence-corrected chi connectivity index (χ1v) is 8.42. The van der Waals surface area contributed by atoms with Crippen molar-refractivity contribution in [2.75, 3.05) is 10.6 Å². The maximum Gasteiger partial charge on any atom is 0.255 e. The van der Waals surface area contributed by atoms with Crippen LogP contribution in [0.2, 0.25) is 0 Å². The summed E-state index contributed by atoms with van der Waals surface area (Å²) < 4.78 is 0. The van der Waals surface area contributed by atoms with Crippen molar-refractivity contribution in [3.8, 4) is 0 Å². The highest BCUT2D eigenvalue weighted by Gasteiger charge is 2.48. The molecule has 4 heteroatoms. The molecular formula is C20H20N2O2. The number of nitrogens with one attached hydrogen (secondary N) is 2. The summed E-state index contributed by atoms with van der Waals surface area (Å²) in [7, 11) is 0. The van der Waals surface area contributed by atoms with E-state index in [1.807, 2.05) is 43.3 Å². The first-order valence-electron chi connectivity index (χ1n) is 8.42. The van der Waals surface area contributed by atoms with Gasteiger partial charge >= 0.3 is 0 Å². The van der Waals surface area contributed by atoms with Gasteiger partial charge in [-0.05, 0) is 55.7 Å². The van der Waals surface area contributed by atoms with Gasteiger partial charge in [-0.2, -0.15) is 0 Å². The summed E-state index contributed by atoms with van der Waals surface area (Å²) in [6.45, 7) is 1.97. The smallest absolute Gasteiger partial charge is 0.255 e. The van der Waals surface area contributed by atoms with E-state index in [1.54, 1.807) is 6.07 Å². The molecule has 122 valence electrons. The second-order valence-electron chi connectivity index (χ2n) is 6.83. The Morgan fingerprint density at radius 3 is 2.67 bits per heavy atom. The number of carbonyl (C=O) groups excluding carboxylic acids is 2. The monoisotopic (exact) mass is 320 g/mol. The highest BCUT2D eigenvalue weighted by Crippen LogP contribution is 2.49. The zero-order valence-corrected chi connectivity index (χ0v) is 13.7. The standard InChI is InChI=1S/C20H20N2O2/c1-13-5-4-6-14(11-13)18(23)21-15-7-8-17-16(12-15)20(19(24)22-17)9-2-3-10-20/h4-8,11-12H,2-3,9-10H2,1H3,(H,21,23)(H,22,24). The lowest BCUT2D eigenvalue weighted by Gasteiger charge is -2.21. The molecule has 0 saturated heterocycles. The molecule has 0 bridgehead atoms. The number of amides is 2. The van der Waals surface area contributed by atoms with Crippen LogP contribution >= 0.6 is 0 Å². The maximum absolute atomic E-state index is 12.4. The molecule has 0 radical (unpaired) electrons. The van der Waals surface area contributed by atoms with Gasteiger partial charge in [-0.15, -0.1) is 0 Å². The van der Waals surface area contributed by atoms with Crippen LogP contribution in [0.4, 0.5) is 11.4 Å². The van der Waals surface area contributed by atoms with Crippen molar-refractivity contribution in [2.45, 2.75) is 38.0 Å². The lowest BCUT2D eigenvalue weighted by atomic mass is 9.80. The number of anilines is 2. The van der Waals surface area contributed by atoms with Gasteiger partial charge in [-0.25, -0.2) is 0 Å². The van der Waals surface area contributed by atoms with Crippen molar-refractivity contribution in [3.05, 3.63) is 59.2 Å². The predicted molar refractivity (Wildman–Crippen MR) is 94.3 cm³/mol. The van der Waals surface area contributed by atoms with Gasteiger partial charge in [0, 0.05) is 16.9 Å². The highest BCUT2D eigenvalue weighted by molar-refractivity contribution is 6.08. The Bertz CT molecular complexity index is 835. The Balaban J connectivity index is 1.64. The number of benzene rings is 2. The number of rotatable bonds is 2. The minimum atomic E-state index is -0.389. The van der Waals surface area contributed by atoms with Crippen LogP contribution < -0.4 is 10.6 Å². The van der Waals surface area contributed by atoms with E-state index in [0.29, 0.717) is 5.56 Å². The molecule has 1 spiro atoms. The van der Waals surface area contributed by atoms with Crippen LogP contribution in [-0.4, -0.2) is 11.8 Å². The molecule has 4 rings (SSSR count). The molecule has 0 aromatic heterocycles. The first kappa shape index (κ1) is 14.9. The second-order valence-corrected chi connectivity index (χ2v) is 6.83. The van der Waals surface area contributed by atoms with E-state index in [4.69, 9.17) is 0 Å². The molecule has 0 unspecified atom stereocenters. The van der Waals surface area contributed by atoms with Gasteiger partial charge in [0.15, 0.2) is 0 Å². The Hall–Kier alpha value is -2.62. The van der Waals surface area contributed by atoms with Crippen LogP contribution in [0, 0.1) is 6.92 Å². The van der Waals surface area contributed by atoms with Crippen molar-refractivity contribution in [2.24, 2.45) is 0 Å². The van der Waals surface area contributed by atoms with E-state index >= 15 is 0 Å².